The highest BCUT2D eigenvalue weighted by molar-refractivity contribution is 5.77. The summed E-state index contributed by atoms with van der Waals surface area (Å²) in [6.45, 7) is 1.33. The molecule has 0 spiro atoms. The number of aliphatic carboxylic acids is 1. The van der Waals surface area contributed by atoms with Gasteiger partial charge in [-0.3, -0.25) is 9.69 Å². The molecule has 1 aliphatic heterocycles. The number of nitrogens with one attached hydrogen (secondary N) is 1. The summed E-state index contributed by atoms with van der Waals surface area (Å²) < 4.78 is 0. The van der Waals surface area contributed by atoms with Crippen molar-refractivity contribution >= 4 is 5.97 Å². The van der Waals surface area contributed by atoms with Gasteiger partial charge in [0.1, 0.15) is 0 Å². The molecule has 1 unspecified atom stereocenters. The maximum absolute atomic E-state index is 11.9. The normalized spacial score (nSPS) is 18.2. The number of benzene rings is 2. The van der Waals surface area contributed by atoms with E-state index in [-0.39, 0.29) is 0 Å². The molecule has 130 valence electrons. The van der Waals surface area contributed by atoms with E-state index in [9.17, 15) is 9.90 Å². The number of carbonyl (C=O) groups is 1. The van der Waals surface area contributed by atoms with Crippen molar-refractivity contribution in [3.8, 4) is 11.1 Å². The minimum Gasteiger partial charge on any atom is -0.480 e. The second-order valence-corrected chi connectivity index (χ2v) is 7.05. The number of imidazole rings is 1. The molecule has 2 aromatic carbocycles. The van der Waals surface area contributed by atoms with Gasteiger partial charge < -0.3 is 10.1 Å². The quantitative estimate of drug-likeness (QED) is 0.598. The van der Waals surface area contributed by atoms with E-state index in [1.165, 1.54) is 22.3 Å². The Kier molecular flexibility index (Phi) is 3.43. The van der Waals surface area contributed by atoms with E-state index in [0.29, 0.717) is 18.8 Å². The number of H-pyrrole nitrogens is 1. The smallest absolute Gasteiger partial charge is 0.327 e. The van der Waals surface area contributed by atoms with E-state index < -0.39 is 12.0 Å². The molecule has 2 aliphatic rings. The van der Waals surface area contributed by atoms with Crippen molar-refractivity contribution in [2.75, 3.05) is 6.54 Å². The summed E-state index contributed by atoms with van der Waals surface area (Å²) in [7, 11) is 0. The average Bonchev–Trinajstić information content (AvgIpc) is 3.24. The Bertz CT molecular complexity index is 1010. The Morgan fingerprint density at radius 3 is 2.92 bits per heavy atom. The zero-order chi connectivity index (χ0) is 17.7. The first-order chi connectivity index (χ1) is 12.7. The molecule has 1 aromatic heterocycles. The first kappa shape index (κ1) is 15.3. The van der Waals surface area contributed by atoms with Crippen molar-refractivity contribution in [2.24, 2.45) is 0 Å². The van der Waals surface area contributed by atoms with Crippen molar-refractivity contribution < 1.29 is 9.90 Å². The van der Waals surface area contributed by atoms with Crippen molar-refractivity contribution in [3.63, 3.8) is 0 Å². The molecular weight excluding hydrogens is 326 g/mol. The second-order valence-electron chi connectivity index (χ2n) is 7.05. The van der Waals surface area contributed by atoms with Crippen LogP contribution in [0.3, 0.4) is 0 Å². The summed E-state index contributed by atoms with van der Waals surface area (Å²) in [5.41, 5.74) is 8.05. The molecule has 1 atom stereocenters. The SMILES string of the molecule is O=C(O)C1c2nc[nH]c2CCN1Cc1ccc2c(c1)Cc1ccccc1-2. The van der Waals surface area contributed by atoms with Gasteiger partial charge >= 0.3 is 5.97 Å². The molecule has 3 aromatic rings. The van der Waals surface area contributed by atoms with Gasteiger partial charge in [-0.1, -0.05) is 42.5 Å². The van der Waals surface area contributed by atoms with Gasteiger partial charge in [-0.2, -0.15) is 0 Å². The van der Waals surface area contributed by atoms with Gasteiger partial charge in [0.15, 0.2) is 6.04 Å². The van der Waals surface area contributed by atoms with Crippen molar-refractivity contribution in [3.05, 3.63) is 76.9 Å². The van der Waals surface area contributed by atoms with E-state index in [2.05, 4.69) is 52.4 Å². The lowest BCUT2D eigenvalue weighted by Gasteiger charge is -2.32. The van der Waals surface area contributed by atoms with E-state index in [1.807, 2.05) is 4.90 Å². The number of fused-ring (bicyclic) bond motifs is 4. The molecule has 0 fully saturated rings. The number of aromatic nitrogens is 2. The zero-order valence-corrected chi connectivity index (χ0v) is 14.3. The highest BCUT2D eigenvalue weighted by Gasteiger charge is 2.35. The molecule has 1 aliphatic carbocycles. The molecule has 0 saturated heterocycles. The molecule has 26 heavy (non-hydrogen) atoms. The summed E-state index contributed by atoms with van der Waals surface area (Å²) in [5.74, 6) is -0.841. The van der Waals surface area contributed by atoms with Crippen molar-refractivity contribution in [1.82, 2.24) is 14.9 Å². The minimum atomic E-state index is -0.841. The standard InChI is InChI=1S/C21H19N3O2/c25-21(26)20-19-18(22-12-23-19)7-8-24(20)11-13-5-6-17-15(9-13)10-14-3-1-2-4-16(14)17/h1-6,9,12,20H,7-8,10-11H2,(H,22,23)(H,25,26). The third-order valence-corrected chi connectivity index (χ3v) is 5.50. The van der Waals surface area contributed by atoms with Gasteiger partial charge in [0, 0.05) is 25.2 Å². The fraction of sp³-hybridized carbons (Fsp3) is 0.238. The summed E-state index contributed by atoms with van der Waals surface area (Å²) in [6, 6.07) is 14.4. The molecule has 0 radical (unpaired) electrons. The van der Waals surface area contributed by atoms with Gasteiger partial charge in [-0.15, -0.1) is 0 Å². The largest absolute Gasteiger partial charge is 0.480 e. The summed E-state index contributed by atoms with van der Waals surface area (Å²) in [5, 5.41) is 9.73. The minimum absolute atomic E-state index is 0.618. The van der Waals surface area contributed by atoms with Crippen LogP contribution in [-0.4, -0.2) is 32.5 Å². The Morgan fingerprint density at radius 2 is 2.04 bits per heavy atom. The van der Waals surface area contributed by atoms with Crippen LogP contribution in [0.1, 0.15) is 34.1 Å². The van der Waals surface area contributed by atoms with Crippen LogP contribution in [0.4, 0.5) is 0 Å². The van der Waals surface area contributed by atoms with Crippen LogP contribution in [0.25, 0.3) is 11.1 Å². The van der Waals surface area contributed by atoms with Crippen molar-refractivity contribution in [2.45, 2.75) is 25.4 Å². The number of aromatic amines is 1. The summed E-state index contributed by atoms with van der Waals surface area (Å²) in [6.07, 6.45) is 3.34. The van der Waals surface area contributed by atoms with Crippen LogP contribution in [0.2, 0.25) is 0 Å². The lowest BCUT2D eigenvalue weighted by Crippen LogP contribution is -2.39. The predicted octanol–water partition coefficient (Wildman–Crippen LogP) is 3.16. The van der Waals surface area contributed by atoms with Gasteiger partial charge in [-0.05, 0) is 34.2 Å². The van der Waals surface area contributed by atoms with E-state index in [4.69, 9.17) is 0 Å². The highest BCUT2D eigenvalue weighted by atomic mass is 16.4. The lowest BCUT2D eigenvalue weighted by molar-refractivity contribution is -0.144. The van der Waals surface area contributed by atoms with Crippen LogP contribution in [0, 0.1) is 0 Å². The van der Waals surface area contributed by atoms with Crippen LogP contribution in [0.15, 0.2) is 48.8 Å². The fourth-order valence-electron chi connectivity index (χ4n) is 4.30. The van der Waals surface area contributed by atoms with Gasteiger partial charge in [0.25, 0.3) is 0 Å². The fourth-order valence-corrected chi connectivity index (χ4v) is 4.30. The van der Waals surface area contributed by atoms with E-state index in [1.54, 1.807) is 6.33 Å². The van der Waals surface area contributed by atoms with Gasteiger partial charge in [0.2, 0.25) is 0 Å². The molecule has 2 N–H and O–H groups in total. The lowest BCUT2D eigenvalue weighted by atomic mass is 10.00. The number of nitrogens with zero attached hydrogens (tertiary/aromatic N) is 2. The number of rotatable bonds is 3. The molecule has 0 amide bonds. The first-order valence-corrected chi connectivity index (χ1v) is 8.90. The zero-order valence-electron chi connectivity index (χ0n) is 14.3. The van der Waals surface area contributed by atoms with E-state index >= 15 is 0 Å². The molecule has 5 nitrogen and oxygen atoms in total. The monoisotopic (exact) mass is 345 g/mol. The Morgan fingerprint density at radius 1 is 1.19 bits per heavy atom. The summed E-state index contributed by atoms with van der Waals surface area (Å²) >= 11 is 0. The third-order valence-electron chi connectivity index (χ3n) is 5.50. The molecule has 0 bridgehead atoms. The first-order valence-electron chi connectivity index (χ1n) is 8.90. The molecule has 2 heterocycles. The topological polar surface area (TPSA) is 69.2 Å². The number of carboxylic acids is 1. The van der Waals surface area contributed by atoms with Crippen LogP contribution in [-0.2, 0) is 24.2 Å². The van der Waals surface area contributed by atoms with Crippen LogP contribution >= 0.6 is 0 Å². The molecule has 5 heteroatoms. The number of hydrogen-bond acceptors (Lipinski definition) is 3. The maximum atomic E-state index is 11.9. The van der Waals surface area contributed by atoms with Gasteiger partial charge in [-0.25, -0.2) is 4.98 Å². The Balaban J connectivity index is 1.44. The average molecular weight is 345 g/mol. The van der Waals surface area contributed by atoms with Crippen molar-refractivity contribution in [1.29, 1.82) is 0 Å². The molecular formula is C21H19N3O2. The second kappa shape index (κ2) is 5.81. The van der Waals surface area contributed by atoms with E-state index in [0.717, 1.165) is 24.1 Å². The Labute approximate surface area is 151 Å². The van der Waals surface area contributed by atoms with Gasteiger partial charge in [0.05, 0.1) is 12.0 Å². The van der Waals surface area contributed by atoms with Crippen LogP contribution in [0.5, 0.6) is 0 Å². The van der Waals surface area contributed by atoms with Crippen LogP contribution < -0.4 is 0 Å². The number of hydrogen-bond donors (Lipinski definition) is 2. The summed E-state index contributed by atoms with van der Waals surface area (Å²) in [4.78, 5) is 21.2. The molecule has 0 saturated carbocycles. The Hall–Kier alpha value is -2.92. The maximum Gasteiger partial charge on any atom is 0.327 e. The highest BCUT2D eigenvalue weighted by Crippen LogP contribution is 2.37. The third kappa shape index (κ3) is 2.35. The predicted molar refractivity (Wildman–Crippen MR) is 97.8 cm³/mol. The molecule has 5 rings (SSSR count). The number of carboxylic acid groups (broad SMARTS) is 1.